The van der Waals surface area contributed by atoms with Gasteiger partial charge in [0.2, 0.25) is 5.43 Å². The molecule has 188 valence electrons. The van der Waals surface area contributed by atoms with E-state index < -0.39 is 11.2 Å². The van der Waals surface area contributed by atoms with Crippen LogP contribution in [0, 0.1) is 5.92 Å². The van der Waals surface area contributed by atoms with Crippen LogP contribution in [0.15, 0.2) is 78.8 Å². The summed E-state index contributed by atoms with van der Waals surface area (Å²) in [5, 5.41) is 2.40. The van der Waals surface area contributed by atoms with Gasteiger partial charge in [0, 0.05) is 23.4 Å². The molecular weight excluding hydrogens is 486 g/mol. The van der Waals surface area contributed by atoms with Gasteiger partial charge in [0.05, 0.1) is 16.6 Å². The fourth-order valence-electron chi connectivity index (χ4n) is 5.25. The molecule has 7 nitrogen and oxygen atoms in total. The number of likely N-dealkylation sites (tertiary alicyclic amines) is 1. The number of benzene rings is 2. The topological polar surface area (TPSA) is 88.3 Å². The number of nitrogens with one attached hydrogen (secondary N) is 1. The first-order valence-electron chi connectivity index (χ1n) is 12.6. The lowest BCUT2D eigenvalue weighted by atomic mass is 9.92. The van der Waals surface area contributed by atoms with Crippen LogP contribution in [0.25, 0.3) is 38.0 Å². The Kier molecular flexibility index (Phi) is 6.14. The van der Waals surface area contributed by atoms with Crippen molar-refractivity contribution in [3.8, 4) is 16.8 Å². The Balaban J connectivity index is 1.32. The third-order valence-electron chi connectivity index (χ3n) is 7.38. The van der Waals surface area contributed by atoms with Crippen LogP contribution < -0.4 is 16.7 Å². The summed E-state index contributed by atoms with van der Waals surface area (Å²) in [6, 6.07) is 16.2. The minimum atomic E-state index is -0.488. The van der Waals surface area contributed by atoms with Crippen molar-refractivity contribution in [1.82, 2.24) is 14.5 Å². The Morgan fingerprint density at radius 1 is 1.03 bits per heavy atom. The average Bonchev–Trinajstić information content (AvgIpc) is 3.33. The quantitative estimate of drug-likeness (QED) is 0.365. The van der Waals surface area contributed by atoms with E-state index in [0.717, 1.165) is 42.8 Å². The van der Waals surface area contributed by atoms with Crippen LogP contribution in [-0.4, -0.2) is 34.6 Å². The molecular formula is C29H27N3O4S. The van der Waals surface area contributed by atoms with Gasteiger partial charge in [0.1, 0.15) is 10.5 Å². The van der Waals surface area contributed by atoms with Crippen molar-refractivity contribution >= 4 is 32.5 Å². The summed E-state index contributed by atoms with van der Waals surface area (Å²) in [5.41, 5.74) is 2.67. The maximum atomic E-state index is 12.8. The molecule has 1 saturated heterocycles. The summed E-state index contributed by atoms with van der Waals surface area (Å²) in [7, 11) is 2.16. The lowest BCUT2D eigenvalue weighted by Crippen LogP contribution is -2.30. The van der Waals surface area contributed by atoms with Gasteiger partial charge in [-0.05, 0) is 75.1 Å². The lowest BCUT2D eigenvalue weighted by Gasteiger charge is -2.28. The van der Waals surface area contributed by atoms with Gasteiger partial charge < -0.3 is 9.32 Å². The SMILES string of the molecule is CN1CCC(CCc2cc(=O)c3scc(-c4ccc(-n5c(=O)[nH]c(=O)c6ccccc65)cc4)c3o2)CC1. The van der Waals surface area contributed by atoms with Crippen LogP contribution in [0.4, 0.5) is 0 Å². The lowest BCUT2D eigenvalue weighted by molar-refractivity contribution is 0.211. The molecule has 1 aliphatic heterocycles. The molecule has 0 amide bonds. The first-order valence-corrected chi connectivity index (χ1v) is 13.4. The van der Waals surface area contributed by atoms with Crippen molar-refractivity contribution in [1.29, 1.82) is 0 Å². The number of hydrogen-bond donors (Lipinski definition) is 1. The summed E-state index contributed by atoms with van der Waals surface area (Å²) in [4.78, 5) is 42.5. The Labute approximate surface area is 216 Å². The van der Waals surface area contributed by atoms with E-state index in [0.29, 0.717) is 32.8 Å². The van der Waals surface area contributed by atoms with Gasteiger partial charge in [-0.1, -0.05) is 24.3 Å². The van der Waals surface area contributed by atoms with Crippen LogP contribution in [-0.2, 0) is 6.42 Å². The molecule has 1 fully saturated rings. The van der Waals surface area contributed by atoms with Crippen LogP contribution in [0.5, 0.6) is 0 Å². The normalized spacial score (nSPS) is 15.1. The number of rotatable bonds is 5. The van der Waals surface area contributed by atoms with E-state index in [-0.39, 0.29) is 5.43 Å². The van der Waals surface area contributed by atoms with E-state index in [2.05, 4.69) is 16.9 Å². The molecule has 0 saturated carbocycles. The molecule has 0 unspecified atom stereocenters. The fourth-order valence-corrected chi connectivity index (χ4v) is 6.16. The molecule has 6 rings (SSSR count). The molecule has 2 aromatic carbocycles. The van der Waals surface area contributed by atoms with Crippen molar-refractivity contribution in [3.05, 3.63) is 96.8 Å². The maximum absolute atomic E-state index is 12.8. The predicted molar refractivity (Wildman–Crippen MR) is 148 cm³/mol. The standard InChI is InChI=1S/C29H27N3O4S/c1-31-14-12-18(13-15-31)6-11-21-16-25(33)27-26(36-21)23(17-37-27)19-7-9-20(10-8-19)32-24-5-3-2-4-22(24)28(34)30-29(32)35/h2-5,7-10,16-18H,6,11-15H2,1H3,(H,30,34,35). The number of hydrogen-bond acceptors (Lipinski definition) is 6. The maximum Gasteiger partial charge on any atom is 0.333 e. The number of piperidine rings is 1. The van der Waals surface area contributed by atoms with Crippen molar-refractivity contribution in [2.24, 2.45) is 5.92 Å². The number of nitrogens with zero attached hydrogens (tertiary/aromatic N) is 2. The number of aromatic amines is 1. The predicted octanol–water partition coefficient (Wildman–Crippen LogP) is 4.79. The molecule has 1 aliphatic rings. The highest BCUT2D eigenvalue weighted by molar-refractivity contribution is 7.17. The molecule has 3 aromatic heterocycles. The summed E-state index contributed by atoms with van der Waals surface area (Å²) in [5.74, 6) is 1.40. The highest BCUT2D eigenvalue weighted by atomic mass is 32.1. The van der Waals surface area contributed by atoms with Crippen LogP contribution >= 0.6 is 11.3 Å². The van der Waals surface area contributed by atoms with Gasteiger partial charge in [0.25, 0.3) is 5.56 Å². The molecule has 8 heteroatoms. The monoisotopic (exact) mass is 513 g/mol. The van der Waals surface area contributed by atoms with E-state index in [1.165, 1.54) is 28.7 Å². The van der Waals surface area contributed by atoms with Crippen molar-refractivity contribution in [3.63, 3.8) is 0 Å². The van der Waals surface area contributed by atoms with E-state index in [4.69, 9.17) is 4.42 Å². The molecule has 5 aromatic rings. The smallest absolute Gasteiger partial charge is 0.333 e. The summed E-state index contributed by atoms with van der Waals surface area (Å²) >= 11 is 1.39. The molecule has 0 bridgehead atoms. The third-order valence-corrected chi connectivity index (χ3v) is 8.36. The number of aryl methyl sites for hydroxylation is 1. The number of para-hydroxylation sites is 1. The number of thiophene rings is 1. The zero-order valence-corrected chi connectivity index (χ0v) is 21.3. The number of H-pyrrole nitrogens is 1. The van der Waals surface area contributed by atoms with E-state index >= 15 is 0 Å². The van der Waals surface area contributed by atoms with Gasteiger partial charge in [-0.25, -0.2) is 4.79 Å². The molecule has 4 heterocycles. The molecule has 0 aliphatic carbocycles. The van der Waals surface area contributed by atoms with Crippen molar-refractivity contribution < 1.29 is 4.42 Å². The van der Waals surface area contributed by atoms with Crippen molar-refractivity contribution in [2.75, 3.05) is 20.1 Å². The van der Waals surface area contributed by atoms with Gasteiger partial charge in [-0.3, -0.25) is 19.1 Å². The number of aromatic nitrogens is 2. The van der Waals surface area contributed by atoms with Crippen LogP contribution in [0.3, 0.4) is 0 Å². The second-order valence-electron chi connectivity index (χ2n) is 9.83. The van der Waals surface area contributed by atoms with Gasteiger partial charge in [-0.2, -0.15) is 0 Å². The average molecular weight is 514 g/mol. The van der Waals surface area contributed by atoms with Crippen LogP contribution in [0.1, 0.15) is 25.0 Å². The fraction of sp³-hybridized carbons (Fsp3) is 0.276. The Hall–Kier alpha value is -3.75. The zero-order chi connectivity index (χ0) is 25.5. The second-order valence-corrected chi connectivity index (χ2v) is 10.7. The minimum Gasteiger partial charge on any atom is -0.459 e. The van der Waals surface area contributed by atoms with E-state index in [9.17, 15) is 14.4 Å². The Bertz CT molecular complexity index is 1770. The van der Waals surface area contributed by atoms with Crippen LogP contribution in [0.2, 0.25) is 0 Å². The molecule has 37 heavy (non-hydrogen) atoms. The third kappa shape index (κ3) is 4.47. The van der Waals surface area contributed by atoms with Gasteiger partial charge in [0.15, 0.2) is 5.58 Å². The summed E-state index contributed by atoms with van der Waals surface area (Å²) in [6.07, 6.45) is 4.16. The molecule has 0 atom stereocenters. The highest BCUT2D eigenvalue weighted by Gasteiger charge is 2.19. The largest absolute Gasteiger partial charge is 0.459 e. The van der Waals surface area contributed by atoms with Crippen molar-refractivity contribution in [2.45, 2.75) is 25.7 Å². The summed E-state index contributed by atoms with van der Waals surface area (Å²) in [6.45, 7) is 2.25. The Morgan fingerprint density at radius 2 is 1.78 bits per heavy atom. The highest BCUT2D eigenvalue weighted by Crippen LogP contribution is 2.34. The number of fused-ring (bicyclic) bond motifs is 2. The molecule has 0 radical (unpaired) electrons. The zero-order valence-electron chi connectivity index (χ0n) is 20.5. The van der Waals surface area contributed by atoms with Gasteiger partial charge in [-0.15, -0.1) is 11.3 Å². The van der Waals surface area contributed by atoms with E-state index in [1.54, 1.807) is 30.3 Å². The summed E-state index contributed by atoms with van der Waals surface area (Å²) < 4.78 is 8.40. The first kappa shape index (κ1) is 23.6. The Morgan fingerprint density at radius 3 is 2.57 bits per heavy atom. The first-order chi connectivity index (χ1) is 18.0. The second kappa shape index (κ2) is 9.61. The van der Waals surface area contributed by atoms with E-state index in [1.807, 2.05) is 29.6 Å². The minimum absolute atomic E-state index is 0.00115. The van der Waals surface area contributed by atoms with Gasteiger partial charge >= 0.3 is 5.69 Å². The molecule has 1 N–H and O–H groups in total. The molecule has 0 spiro atoms.